The Morgan fingerprint density at radius 1 is 1.29 bits per heavy atom. The standard InChI is InChI=1S/C16H20N4O/c1-3-8-20-13-7-5-4-6-12(13)18-16(20)9-15(21)14-10-17-11-19(14)2/h4-7,10-11,15,21H,3,8-9H2,1-2H3. The third-order valence-electron chi connectivity index (χ3n) is 3.75. The van der Waals surface area contributed by atoms with E-state index in [0.29, 0.717) is 6.42 Å². The van der Waals surface area contributed by atoms with E-state index in [4.69, 9.17) is 0 Å². The first-order valence-electron chi connectivity index (χ1n) is 7.29. The van der Waals surface area contributed by atoms with Crippen molar-refractivity contribution in [2.24, 2.45) is 7.05 Å². The Kier molecular flexibility index (Phi) is 3.75. The zero-order valence-electron chi connectivity index (χ0n) is 12.4. The van der Waals surface area contributed by atoms with E-state index >= 15 is 0 Å². The van der Waals surface area contributed by atoms with Crippen molar-refractivity contribution in [1.82, 2.24) is 19.1 Å². The largest absolute Gasteiger partial charge is 0.386 e. The summed E-state index contributed by atoms with van der Waals surface area (Å²) >= 11 is 0. The molecule has 0 aliphatic rings. The molecular formula is C16H20N4O. The van der Waals surface area contributed by atoms with Gasteiger partial charge in [0, 0.05) is 20.0 Å². The number of aliphatic hydroxyl groups is 1. The first-order valence-corrected chi connectivity index (χ1v) is 7.29. The van der Waals surface area contributed by atoms with Crippen LogP contribution in [0.5, 0.6) is 0 Å². The SMILES string of the molecule is CCCn1c(CC(O)c2cncn2C)nc2ccccc21. The minimum atomic E-state index is -0.593. The number of fused-ring (bicyclic) bond motifs is 1. The Morgan fingerprint density at radius 3 is 2.81 bits per heavy atom. The fourth-order valence-corrected chi connectivity index (χ4v) is 2.72. The van der Waals surface area contributed by atoms with E-state index in [9.17, 15) is 5.11 Å². The van der Waals surface area contributed by atoms with Crippen molar-refractivity contribution < 1.29 is 5.11 Å². The predicted octanol–water partition coefficient (Wildman–Crippen LogP) is 2.46. The molecule has 3 rings (SSSR count). The summed E-state index contributed by atoms with van der Waals surface area (Å²) in [6.07, 6.45) is 4.35. The first-order chi connectivity index (χ1) is 10.2. The monoisotopic (exact) mass is 284 g/mol. The third kappa shape index (κ3) is 2.56. The lowest BCUT2D eigenvalue weighted by Gasteiger charge is -2.13. The summed E-state index contributed by atoms with van der Waals surface area (Å²) in [6.45, 7) is 3.06. The molecule has 1 unspecified atom stereocenters. The number of rotatable bonds is 5. The topological polar surface area (TPSA) is 55.9 Å². The summed E-state index contributed by atoms with van der Waals surface area (Å²) in [5, 5.41) is 10.4. The highest BCUT2D eigenvalue weighted by atomic mass is 16.3. The second kappa shape index (κ2) is 5.69. The zero-order chi connectivity index (χ0) is 14.8. The molecule has 5 heteroatoms. The van der Waals surface area contributed by atoms with Gasteiger partial charge in [-0.15, -0.1) is 0 Å². The molecule has 5 nitrogen and oxygen atoms in total. The Morgan fingerprint density at radius 2 is 2.10 bits per heavy atom. The van der Waals surface area contributed by atoms with Gasteiger partial charge in [0.1, 0.15) is 11.9 Å². The van der Waals surface area contributed by atoms with E-state index in [2.05, 4.69) is 27.5 Å². The molecule has 0 spiro atoms. The van der Waals surface area contributed by atoms with E-state index in [0.717, 1.165) is 35.5 Å². The van der Waals surface area contributed by atoms with E-state index in [1.54, 1.807) is 12.5 Å². The van der Waals surface area contributed by atoms with E-state index < -0.39 is 6.10 Å². The normalized spacial score (nSPS) is 12.9. The molecular weight excluding hydrogens is 264 g/mol. The lowest BCUT2D eigenvalue weighted by molar-refractivity contribution is 0.166. The fraction of sp³-hybridized carbons (Fsp3) is 0.375. The molecule has 2 aromatic heterocycles. The average molecular weight is 284 g/mol. The van der Waals surface area contributed by atoms with Crippen LogP contribution in [0.4, 0.5) is 0 Å². The van der Waals surface area contributed by atoms with Gasteiger partial charge in [-0.2, -0.15) is 0 Å². The third-order valence-corrected chi connectivity index (χ3v) is 3.75. The van der Waals surface area contributed by atoms with E-state index in [1.165, 1.54) is 0 Å². The smallest absolute Gasteiger partial charge is 0.112 e. The summed E-state index contributed by atoms with van der Waals surface area (Å²) in [7, 11) is 1.89. The van der Waals surface area contributed by atoms with Crippen LogP contribution >= 0.6 is 0 Å². The van der Waals surface area contributed by atoms with Gasteiger partial charge in [0.15, 0.2) is 0 Å². The maximum atomic E-state index is 10.4. The molecule has 3 aromatic rings. The van der Waals surface area contributed by atoms with Crippen molar-refractivity contribution >= 4 is 11.0 Å². The van der Waals surface area contributed by atoms with Gasteiger partial charge in [-0.3, -0.25) is 0 Å². The van der Waals surface area contributed by atoms with Crippen molar-refractivity contribution in [2.45, 2.75) is 32.4 Å². The number of aliphatic hydroxyl groups excluding tert-OH is 1. The summed E-state index contributed by atoms with van der Waals surface area (Å²) in [5.41, 5.74) is 2.93. The second-order valence-corrected chi connectivity index (χ2v) is 5.32. The van der Waals surface area contributed by atoms with Crippen LogP contribution in [0.25, 0.3) is 11.0 Å². The summed E-state index contributed by atoms with van der Waals surface area (Å²) < 4.78 is 4.05. The maximum Gasteiger partial charge on any atom is 0.112 e. The lowest BCUT2D eigenvalue weighted by atomic mass is 10.2. The molecule has 110 valence electrons. The van der Waals surface area contributed by atoms with Crippen molar-refractivity contribution in [2.75, 3.05) is 0 Å². The Labute approximate surface area is 123 Å². The van der Waals surface area contributed by atoms with Crippen molar-refractivity contribution in [3.05, 3.63) is 48.3 Å². The van der Waals surface area contributed by atoms with Crippen molar-refractivity contribution in [3.8, 4) is 0 Å². The zero-order valence-corrected chi connectivity index (χ0v) is 12.4. The number of aromatic nitrogens is 4. The molecule has 0 aliphatic carbocycles. The van der Waals surface area contributed by atoms with Gasteiger partial charge in [-0.05, 0) is 18.6 Å². The van der Waals surface area contributed by atoms with Crippen LogP contribution in [-0.4, -0.2) is 24.2 Å². The first kappa shape index (κ1) is 13.8. The molecule has 1 N–H and O–H groups in total. The predicted molar refractivity (Wildman–Crippen MR) is 81.9 cm³/mol. The molecule has 0 fully saturated rings. The van der Waals surface area contributed by atoms with Crippen molar-refractivity contribution in [3.63, 3.8) is 0 Å². The summed E-state index contributed by atoms with van der Waals surface area (Å²) in [4.78, 5) is 8.75. The molecule has 0 amide bonds. The summed E-state index contributed by atoms with van der Waals surface area (Å²) in [5.74, 6) is 0.923. The van der Waals surface area contributed by atoms with Crippen molar-refractivity contribution in [1.29, 1.82) is 0 Å². The molecule has 21 heavy (non-hydrogen) atoms. The highest BCUT2D eigenvalue weighted by Gasteiger charge is 2.17. The van der Waals surface area contributed by atoms with Gasteiger partial charge in [0.25, 0.3) is 0 Å². The number of hydrogen-bond donors (Lipinski definition) is 1. The van der Waals surface area contributed by atoms with Crippen LogP contribution in [0.3, 0.4) is 0 Å². The van der Waals surface area contributed by atoms with Crippen LogP contribution in [0.15, 0.2) is 36.8 Å². The second-order valence-electron chi connectivity index (χ2n) is 5.32. The fourth-order valence-electron chi connectivity index (χ4n) is 2.72. The quantitative estimate of drug-likeness (QED) is 0.783. The number of benzene rings is 1. The minimum Gasteiger partial charge on any atom is -0.386 e. The maximum absolute atomic E-state index is 10.4. The van der Waals surface area contributed by atoms with Crippen LogP contribution < -0.4 is 0 Å². The Bertz CT molecular complexity index is 744. The van der Waals surface area contributed by atoms with Gasteiger partial charge in [0.2, 0.25) is 0 Å². The Hall–Kier alpha value is -2.14. The molecule has 2 heterocycles. The number of imidazole rings is 2. The molecule has 0 bridgehead atoms. The van der Waals surface area contributed by atoms with Crippen LogP contribution in [0.2, 0.25) is 0 Å². The number of aryl methyl sites for hydroxylation is 2. The number of nitrogens with zero attached hydrogens (tertiary/aromatic N) is 4. The number of para-hydroxylation sites is 2. The number of hydrogen-bond acceptors (Lipinski definition) is 3. The molecule has 1 atom stereocenters. The van der Waals surface area contributed by atoms with E-state index in [1.807, 2.05) is 29.8 Å². The van der Waals surface area contributed by atoms with Crippen LogP contribution in [0.1, 0.15) is 31.0 Å². The van der Waals surface area contributed by atoms with Gasteiger partial charge in [-0.1, -0.05) is 19.1 Å². The molecule has 0 radical (unpaired) electrons. The molecule has 0 saturated heterocycles. The van der Waals surface area contributed by atoms with Gasteiger partial charge >= 0.3 is 0 Å². The minimum absolute atomic E-state index is 0.494. The average Bonchev–Trinajstić information content (AvgIpc) is 3.04. The van der Waals surface area contributed by atoms with Crippen LogP contribution in [-0.2, 0) is 20.0 Å². The van der Waals surface area contributed by atoms with Gasteiger partial charge in [0.05, 0.1) is 29.3 Å². The Balaban J connectivity index is 1.96. The van der Waals surface area contributed by atoms with Crippen LogP contribution in [0, 0.1) is 0 Å². The van der Waals surface area contributed by atoms with Gasteiger partial charge in [-0.25, -0.2) is 9.97 Å². The van der Waals surface area contributed by atoms with E-state index in [-0.39, 0.29) is 0 Å². The lowest BCUT2D eigenvalue weighted by Crippen LogP contribution is -2.11. The van der Waals surface area contributed by atoms with Gasteiger partial charge < -0.3 is 14.2 Å². The molecule has 0 aliphatic heterocycles. The molecule has 1 aromatic carbocycles. The highest BCUT2D eigenvalue weighted by Crippen LogP contribution is 2.22. The summed E-state index contributed by atoms with van der Waals surface area (Å²) in [6, 6.07) is 8.11. The molecule has 0 saturated carbocycles. The highest BCUT2D eigenvalue weighted by molar-refractivity contribution is 5.75.